The Morgan fingerprint density at radius 1 is 1.35 bits per heavy atom. The maximum Gasteiger partial charge on any atom is 0.0624 e. The van der Waals surface area contributed by atoms with Crippen molar-refractivity contribution in [3.05, 3.63) is 0 Å². The zero-order valence-corrected chi connectivity index (χ0v) is 11.7. The third-order valence-corrected chi connectivity index (χ3v) is 3.68. The molecule has 3 heteroatoms. The Kier molecular flexibility index (Phi) is 7.09. The Morgan fingerprint density at radius 2 is 2.12 bits per heavy atom. The maximum absolute atomic E-state index is 9.96. The molecule has 0 aromatic heterocycles. The van der Waals surface area contributed by atoms with Gasteiger partial charge < -0.3 is 14.7 Å². The van der Waals surface area contributed by atoms with Crippen molar-refractivity contribution >= 4 is 0 Å². The van der Waals surface area contributed by atoms with E-state index >= 15 is 0 Å². The number of rotatable bonds is 7. The Morgan fingerprint density at radius 3 is 2.71 bits per heavy atom. The summed E-state index contributed by atoms with van der Waals surface area (Å²) >= 11 is 0. The normalized spacial score (nSPS) is 25.8. The van der Waals surface area contributed by atoms with E-state index in [4.69, 9.17) is 4.74 Å². The lowest BCUT2D eigenvalue weighted by Gasteiger charge is -2.35. The van der Waals surface area contributed by atoms with Crippen molar-refractivity contribution in [1.29, 1.82) is 0 Å². The minimum absolute atomic E-state index is 0.170. The number of hydrogen-bond donors (Lipinski definition) is 1. The second-order valence-electron chi connectivity index (χ2n) is 5.49. The molecule has 1 rings (SSSR count). The smallest absolute Gasteiger partial charge is 0.0624 e. The van der Waals surface area contributed by atoms with Crippen LogP contribution in [-0.2, 0) is 4.74 Å². The summed E-state index contributed by atoms with van der Waals surface area (Å²) in [6.07, 6.45) is 4.45. The van der Waals surface area contributed by atoms with Crippen LogP contribution in [0.2, 0.25) is 0 Å². The summed E-state index contributed by atoms with van der Waals surface area (Å²) in [5.74, 6) is 0.299. The summed E-state index contributed by atoms with van der Waals surface area (Å²) in [7, 11) is 0. The maximum atomic E-state index is 9.96. The van der Waals surface area contributed by atoms with Gasteiger partial charge in [0.2, 0.25) is 0 Å². The van der Waals surface area contributed by atoms with Crippen molar-refractivity contribution in [2.24, 2.45) is 5.92 Å². The van der Waals surface area contributed by atoms with Crippen LogP contribution in [0.25, 0.3) is 0 Å². The summed E-state index contributed by atoms with van der Waals surface area (Å²) in [4.78, 5) is 2.48. The SMILES string of the molecule is CCCCCN(CC1COCCC1O)C(C)C. The molecular formula is C14H29NO2. The summed E-state index contributed by atoms with van der Waals surface area (Å²) in [5, 5.41) is 9.96. The van der Waals surface area contributed by atoms with E-state index in [1.807, 2.05) is 0 Å². The predicted octanol–water partition coefficient (Wildman–Crippen LogP) is 2.28. The topological polar surface area (TPSA) is 32.7 Å². The second-order valence-corrected chi connectivity index (χ2v) is 5.49. The Hall–Kier alpha value is -0.120. The molecule has 3 nitrogen and oxygen atoms in total. The van der Waals surface area contributed by atoms with Crippen LogP contribution >= 0.6 is 0 Å². The highest BCUT2D eigenvalue weighted by Crippen LogP contribution is 2.17. The van der Waals surface area contributed by atoms with Gasteiger partial charge in [0.25, 0.3) is 0 Å². The number of aliphatic hydroxyl groups is 1. The Labute approximate surface area is 106 Å². The highest BCUT2D eigenvalue weighted by atomic mass is 16.5. The first-order valence-electron chi connectivity index (χ1n) is 7.15. The summed E-state index contributed by atoms with van der Waals surface area (Å²) in [6, 6.07) is 0.556. The second kappa shape index (κ2) is 8.06. The Balaban J connectivity index is 2.36. The lowest BCUT2D eigenvalue weighted by molar-refractivity contribution is -0.0494. The van der Waals surface area contributed by atoms with E-state index in [2.05, 4.69) is 25.7 Å². The number of unbranched alkanes of at least 4 members (excludes halogenated alkanes) is 2. The number of hydrogen-bond acceptors (Lipinski definition) is 3. The first kappa shape index (κ1) is 14.9. The summed E-state index contributed by atoms with van der Waals surface area (Å²) in [5.41, 5.74) is 0. The van der Waals surface area contributed by atoms with Crippen LogP contribution in [0.3, 0.4) is 0 Å². The molecule has 1 aliphatic rings. The quantitative estimate of drug-likeness (QED) is 0.696. The molecule has 0 spiro atoms. The molecule has 0 amide bonds. The molecule has 1 N–H and O–H groups in total. The van der Waals surface area contributed by atoms with Crippen molar-refractivity contribution in [3.8, 4) is 0 Å². The first-order chi connectivity index (χ1) is 8.15. The van der Waals surface area contributed by atoms with Crippen molar-refractivity contribution in [2.75, 3.05) is 26.3 Å². The fourth-order valence-electron chi connectivity index (χ4n) is 2.39. The lowest BCUT2D eigenvalue weighted by Crippen LogP contribution is -2.43. The van der Waals surface area contributed by atoms with Gasteiger partial charge in [-0.15, -0.1) is 0 Å². The van der Waals surface area contributed by atoms with Crippen LogP contribution in [0.15, 0.2) is 0 Å². The molecule has 0 saturated carbocycles. The molecule has 1 saturated heterocycles. The average Bonchev–Trinajstić information content (AvgIpc) is 2.30. The van der Waals surface area contributed by atoms with Crippen molar-refractivity contribution in [2.45, 2.75) is 58.6 Å². The molecule has 102 valence electrons. The van der Waals surface area contributed by atoms with Gasteiger partial charge in [-0.1, -0.05) is 19.8 Å². The van der Waals surface area contributed by atoms with E-state index in [0.29, 0.717) is 12.0 Å². The lowest BCUT2D eigenvalue weighted by atomic mass is 9.97. The largest absolute Gasteiger partial charge is 0.393 e. The van der Waals surface area contributed by atoms with E-state index in [-0.39, 0.29) is 6.10 Å². The van der Waals surface area contributed by atoms with E-state index in [9.17, 15) is 5.11 Å². The molecule has 0 radical (unpaired) electrons. The summed E-state index contributed by atoms with van der Waals surface area (Å²) < 4.78 is 5.47. The first-order valence-corrected chi connectivity index (χ1v) is 7.15. The van der Waals surface area contributed by atoms with E-state index in [1.54, 1.807) is 0 Å². The van der Waals surface area contributed by atoms with Crippen LogP contribution in [-0.4, -0.2) is 48.5 Å². The zero-order valence-electron chi connectivity index (χ0n) is 11.7. The van der Waals surface area contributed by atoms with Gasteiger partial charge in [0.1, 0.15) is 0 Å². The van der Waals surface area contributed by atoms with Crippen LogP contribution in [0.4, 0.5) is 0 Å². The van der Waals surface area contributed by atoms with Crippen molar-refractivity contribution in [3.63, 3.8) is 0 Å². The predicted molar refractivity (Wildman–Crippen MR) is 71.2 cm³/mol. The highest BCUT2D eigenvalue weighted by molar-refractivity contribution is 4.77. The minimum atomic E-state index is -0.170. The number of aliphatic hydroxyl groups excluding tert-OH is 1. The van der Waals surface area contributed by atoms with Gasteiger partial charge in [-0.25, -0.2) is 0 Å². The standard InChI is InChI=1S/C14H29NO2/c1-4-5-6-8-15(12(2)3)10-13-11-17-9-7-14(13)16/h12-14,16H,4-11H2,1-3H3. The average molecular weight is 243 g/mol. The third-order valence-electron chi connectivity index (χ3n) is 3.68. The Bertz CT molecular complexity index is 197. The molecule has 2 atom stereocenters. The van der Waals surface area contributed by atoms with Gasteiger partial charge in [-0.3, -0.25) is 0 Å². The van der Waals surface area contributed by atoms with Crippen molar-refractivity contribution < 1.29 is 9.84 Å². The van der Waals surface area contributed by atoms with Crippen LogP contribution in [0.1, 0.15) is 46.5 Å². The number of ether oxygens (including phenoxy) is 1. The third kappa shape index (κ3) is 5.36. The fraction of sp³-hybridized carbons (Fsp3) is 1.00. The van der Waals surface area contributed by atoms with Gasteiger partial charge >= 0.3 is 0 Å². The fourth-order valence-corrected chi connectivity index (χ4v) is 2.39. The van der Waals surface area contributed by atoms with E-state index in [1.165, 1.54) is 19.3 Å². The number of nitrogens with zero attached hydrogens (tertiary/aromatic N) is 1. The van der Waals surface area contributed by atoms with Gasteiger partial charge in [-0.2, -0.15) is 0 Å². The molecule has 0 aromatic rings. The molecule has 1 heterocycles. The van der Waals surface area contributed by atoms with Gasteiger partial charge in [-0.05, 0) is 33.2 Å². The van der Waals surface area contributed by atoms with Crippen LogP contribution in [0.5, 0.6) is 0 Å². The summed E-state index contributed by atoms with van der Waals surface area (Å²) in [6.45, 7) is 10.3. The molecule has 0 aliphatic carbocycles. The van der Waals surface area contributed by atoms with Crippen LogP contribution < -0.4 is 0 Å². The van der Waals surface area contributed by atoms with Crippen molar-refractivity contribution in [1.82, 2.24) is 4.90 Å². The molecule has 0 bridgehead atoms. The zero-order chi connectivity index (χ0) is 12.7. The van der Waals surface area contributed by atoms with Crippen LogP contribution in [0, 0.1) is 5.92 Å². The minimum Gasteiger partial charge on any atom is -0.393 e. The molecule has 1 fully saturated rings. The monoisotopic (exact) mass is 243 g/mol. The molecular weight excluding hydrogens is 214 g/mol. The molecule has 1 aliphatic heterocycles. The van der Waals surface area contributed by atoms with Gasteiger partial charge in [0, 0.05) is 25.1 Å². The van der Waals surface area contributed by atoms with Gasteiger partial charge in [0.05, 0.1) is 12.7 Å². The molecule has 2 unspecified atom stereocenters. The van der Waals surface area contributed by atoms with E-state index in [0.717, 1.165) is 32.7 Å². The van der Waals surface area contributed by atoms with E-state index < -0.39 is 0 Å². The molecule has 0 aromatic carbocycles. The molecule has 17 heavy (non-hydrogen) atoms. The highest BCUT2D eigenvalue weighted by Gasteiger charge is 2.26. The van der Waals surface area contributed by atoms with Gasteiger partial charge in [0.15, 0.2) is 0 Å².